The van der Waals surface area contributed by atoms with Gasteiger partial charge in [-0.15, -0.1) is 0 Å². The third-order valence-corrected chi connectivity index (χ3v) is 2.94. The molecule has 0 spiro atoms. The van der Waals surface area contributed by atoms with Crippen LogP contribution in [-0.4, -0.2) is 42.9 Å². The fourth-order valence-electron chi connectivity index (χ4n) is 1.91. The van der Waals surface area contributed by atoms with Crippen molar-refractivity contribution in [2.24, 2.45) is 11.7 Å². The van der Waals surface area contributed by atoms with E-state index in [1.807, 2.05) is 6.92 Å². The largest absolute Gasteiger partial charge is 0.356 e. The minimum atomic E-state index is -0.0209. The standard InChI is InChI=1S/C11H21N3O2/c1-2-5-13-11(16)9-3-6-14(7-4-9)10(15)8-12/h9H,2-8,12H2,1H3,(H,13,16). The van der Waals surface area contributed by atoms with E-state index in [9.17, 15) is 9.59 Å². The molecule has 0 bridgehead atoms. The molecule has 2 amide bonds. The zero-order chi connectivity index (χ0) is 12.0. The van der Waals surface area contributed by atoms with Gasteiger partial charge in [-0.05, 0) is 19.3 Å². The quantitative estimate of drug-likeness (QED) is 0.693. The van der Waals surface area contributed by atoms with Crippen molar-refractivity contribution in [2.75, 3.05) is 26.2 Å². The Hall–Kier alpha value is -1.10. The third kappa shape index (κ3) is 3.48. The maximum atomic E-state index is 11.7. The maximum Gasteiger partial charge on any atom is 0.236 e. The highest BCUT2D eigenvalue weighted by Gasteiger charge is 2.26. The topological polar surface area (TPSA) is 75.4 Å². The molecule has 0 aromatic heterocycles. The van der Waals surface area contributed by atoms with Gasteiger partial charge in [-0.3, -0.25) is 9.59 Å². The first-order valence-electron chi connectivity index (χ1n) is 5.94. The summed E-state index contributed by atoms with van der Waals surface area (Å²) < 4.78 is 0. The molecule has 92 valence electrons. The highest BCUT2D eigenvalue weighted by atomic mass is 16.2. The molecule has 0 atom stereocenters. The number of hydrogen-bond donors (Lipinski definition) is 2. The van der Waals surface area contributed by atoms with Crippen LogP contribution in [0, 0.1) is 5.92 Å². The van der Waals surface area contributed by atoms with E-state index in [1.165, 1.54) is 0 Å². The predicted octanol–water partition coefficient (Wildman–Crippen LogP) is -0.290. The van der Waals surface area contributed by atoms with Crippen LogP contribution in [0.3, 0.4) is 0 Å². The van der Waals surface area contributed by atoms with Gasteiger partial charge in [0.25, 0.3) is 0 Å². The molecule has 0 aliphatic carbocycles. The molecule has 1 rings (SSSR count). The summed E-state index contributed by atoms with van der Waals surface area (Å²) in [6.07, 6.45) is 2.46. The molecule has 1 saturated heterocycles. The average molecular weight is 227 g/mol. The molecule has 1 fully saturated rings. The molecular formula is C11H21N3O2. The number of nitrogens with two attached hydrogens (primary N) is 1. The second kappa shape index (κ2) is 6.48. The number of carbonyl (C=O) groups excluding carboxylic acids is 2. The van der Waals surface area contributed by atoms with Gasteiger partial charge in [0.05, 0.1) is 6.54 Å². The molecule has 0 unspecified atom stereocenters. The van der Waals surface area contributed by atoms with Crippen molar-refractivity contribution < 1.29 is 9.59 Å². The molecule has 1 aliphatic rings. The van der Waals surface area contributed by atoms with Gasteiger partial charge in [0.1, 0.15) is 0 Å². The Morgan fingerprint density at radius 2 is 2.00 bits per heavy atom. The van der Waals surface area contributed by atoms with Gasteiger partial charge in [-0.1, -0.05) is 6.92 Å². The van der Waals surface area contributed by atoms with Gasteiger partial charge in [0.15, 0.2) is 0 Å². The van der Waals surface area contributed by atoms with Gasteiger partial charge in [0, 0.05) is 25.6 Å². The summed E-state index contributed by atoms with van der Waals surface area (Å²) in [5.74, 6) is 0.169. The Balaban J connectivity index is 2.31. The summed E-state index contributed by atoms with van der Waals surface area (Å²) in [7, 11) is 0. The second-order valence-electron chi connectivity index (χ2n) is 4.15. The highest BCUT2D eigenvalue weighted by molar-refractivity contribution is 5.80. The number of piperidine rings is 1. The molecular weight excluding hydrogens is 206 g/mol. The highest BCUT2D eigenvalue weighted by Crippen LogP contribution is 2.17. The lowest BCUT2D eigenvalue weighted by molar-refractivity contribution is -0.134. The van der Waals surface area contributed by atoms with Crippen LogP contribution in [0.5, 0.6) is 0 Å². The minimum Gasteiger partial charge on any atom is -0.356 e. The van der Waals surface area contributed by atoms with E-state index in [4.69, 9.17) is 5.73 Å². The van der Waals surface area contributed by atoms with Crippen LogP contribution in [0.4, 0.5) is 0 Å². The molecule has 0 radical (unpaired) electrons. The smallest absolute Gasteiger partial charge is 0.236 e. The Bertz CT molecular complexity index is 248. The summed E-state index contributed by atoms with van der Waals surface area (Å²) in [6, 6.07) is 0. The predicted molar refractivity (Wildman–Crippen MR) is 61.7 cm³/mol. The van der Waals surface area contributed by atoms with Crippen molar-refractivity contribution in [1.29, 1.82) is 0 Å². The second-order valence-corrected chi connectivity index (χ2v) is 4.15. The number of carbonyl (C=O) groups is 2. The van der Waals surface area contributed by atoms with Crippen LogP contribution in [0.2, 0.25) is 0 Å². The zero-order valence-corrected chi connectivity index (χ0v) is 9.87. The van der Waals surface area contributed by atoms with Gasteiger partial charge in [0.2, 0.25) is 11.8 Å². The summed E-state index contributed by atoms with van der Waals surface area (Å²) in [4.78, 5) is 24.7. The van der Waals surface area contributed by atoms with E-state index in [-0.39, 0.29) is 24.3 Å². The Labute approximate surface area is 96.4 Å². The lowest BCUT2D eigenvalue weighted by atomic mass is 9.96. The van der Waals surface area contributed by atoms with Gasteiger partial charge >= 0.3 is 0 Å². The van der Waals surface area contributed by atoms with Crippen LogP contribution >= 0.6 is 0 Å². The number of hydrogen-bond acceptors (Lipinski definition) is 3. The van der Waals surface area contributed by atoms with Crippen LogP contribution < -0.4 is 11.1 Å². The Morgan fingerprint density at radius 1 is 1.38 bits per heavy atom. The molecule has 0 aromatic carbocycles. The number of amides is 2. The van der Waals surface area contributed by atoms with Gasteiger partial charge in [-0.25, -0.2) is 0 Å². The lowest BCUT2D eigenvalue weighted by Crippen LogP contribution is -2.45. The van der Waals surface area contributed by atoms with Gasteiger partial charge < -0.3 is 16.0 Å². The van der Waals surface area contributed by atoms with E-state index in [0.717, 1.165) is 25.8 Å². The average Bonchev–Trinajstić information content (AvgIpc) is 2.35. The molecule has 5 nitrogen and oxygen atoms in total. The first-order chi connectivity index (χ1) is 7.69. The number of nitrogens with one attached hydrogen (secondary N) is 1. The van der Waals surface area contributed by atoms with Crippen LogP contribution in [0.25, 0.3) is 0 Å². The van der Waals surface area contributed by atoms with E-state index in [0.29, 0.717) is 13.1 Å². The van der Waals surface area contributed by atoms with Crippen molar-refractivity contribution in [3.05, 3.63) is 0 Å². The summed E-state index contributed by atoms with van der Waals surface area (Å²) in [5, 5.41) is 2.89. The molecule has 3 N–H and O–H groups in total. The molecule has 0 aromatic rings. The number of likely N-dealkylation sites (tertiary alicyclic amines) is 1. The first kappa shape index (κ1) is 13.0. The van der Waals surface area contributed by atoms with Crippen LogP contribution in [-0.2, 0) is 9.59 Å². The summed E-state index contributed by atoms with van der Waals surface area (Å²) >= 11 is 0. The van der Waals surface area contributed by atoms with Crippen LogP contribution in [0.1, 0.15) is 26.2 Å². The summed E-state index contributed by atoms with van der Waals surface area (Å²) in [5.41, 5.74) is 5.29. The fraction of sp³-hybridized carbons (Fsp3) is 0.818. The molecule has 16 heavy (non-hydrogen) atoms. The number of nitrogens with zero attached hydrogens (tertiary/aromatic N) is 1. The molecule has 0 saturated carbocycles. The van der Waals surface area contributed by atoms with E-state index in [1.54, 1.807) is 4.90 Å². The normalized spacial score (nSPS) is 17.2. The minimum absolute atomic E-state index is 0.0209. The van der Waals surface area contributed by atoms with Gasteiger partial charge in [-0.2, -0.15) is 0 Å². The maximum absolute atomic E-state index is 11.7. The Morgan fingerprint density at radius 3 is 2.50 bits per heavy atom. The van der Waals surface area contributed by atoms with E-state index >= 15 is 0 Å². The fourth-order valence-corrected chi connectivity index (χ4v) is 1.91. The van der Waals surface area contributed by atoms with E-state index < -0.39 is 0 Å². The summed E-state index contributed by atoms with van der Waals surface area (Å²) in [6.45, 7) is 4.14. The molecule has 1 aliphatic heterocycles. The van der Waals surface area contributed by atoms with Crippen molar-refractivity contribution in [3.8, 4) is 0 Å². The Kier molecular flexibility index (Phi) is 5.25. The van der Waals surface area contributed by atoms with Crippen molar-refractivity contribution in [2.45, 2.75) is 26.2 Å². The third-order valence-electron chi connectivity index (χ3n) is 2.94. The number of rotatable bonds is 4. The monoisotopic (exact) mass is 227 g/mol. The van der Waals surface area contributed by atoms with Crippen LogP contribution in [0.15, 0.2) is 0 Å². The first-order valence-corrected chi connectivity index (χ1v) is 5.94. The van der Waals surface area contributed by atoms with E-state index in [2.05, 4.69) is 5.32 Å². The SMILES string of the molecule is CCCNC(=O)C1CCN(C(=O)CN)CC1. The lowest BCUT2D eigenvalue weighted by Gasteiger charge is -2.31. The van der Waals surface area contributed by atoms with Crippen molar-refractivity contribution in [1.82, 2.24) is 10.2 Å². The van der Waals surface area contributed by atoms with Crippen molar-refractivity contribution in [3.63, 3.8) is 0 Å². The zero-order valence-electron chi connectivity index (χ0n) is 9.87. The van der Waals surface area contributed by atoms with Crippen molar-refractivity contribution >= 4 is 11.8 Å². The molecule has 5 heteroatoms. The molecule has 1 heterocycles.